The number of hydrogen-bond donors (Lipinski definition) is 2. The van der Waals surface area contributed by atoms with Crippen molar-refractivity contribution in [2.24, 2.45) is 0 Å². The standard InChI is InChI=1S/C11H17N.C3H9N/c1-3-10-5-4-6-11(9-10)7-8-12-2;1-3-4-2/h5,7-9,12H,3-4,6H2,1-2H3;4H,3H2,1-2H3/b8-7+;. The van der Waals surface area contributed by atoms with Crippen molar-refractivity contribution in [1.82, 2.24) is 10.6 Å². The van der Waals surface area contributed by atoms with E-state index in [2.05, 4.69) is 42.7 Å². The third-order valence-corrected chi connectivity index (χ3v) is 2.44. The predicted molar refractivity (Wildman–Crippen MR) is 73.5 cm³/mol. The fourth-order valence-corrected chi connectivity index (χ4v) is 1.36. The lowest BCUT2D eigenvalue weighted by Gasteiger charge is -2.08. The smallest absolute Gasteiger partial charge is 0.00277 e. The van der Waals surface area contributed by atoms with Crippen LogP contribution >= 0.6 is 0 Å². The zero-order chi connectivity index (χ0) is 12.2. The Hall–Kier alpha value is -1.02. The molecule has 92 valence electrons. The average molecular weight is 222 g/mol. The zero-order valence-corrected chi connectivity index (χ0v) is 11.1. The van der Waals surface area contributed by atoms with Gasteiger partial charge in [-0.3, -0.25) is 0 Å². The molecule has 0 radical (unpaired) electrons. The monoisotopic (exact) mass is 222 g/mol. The van der Waals surface area contributed by atoms with E-state index in [1.165, 1.54) is 24.0 Å². The summed E-state index contributed by atoms with van der Waals surface area (Å²) in [5.41, 5.74) is 2.90. The molecule has 2 heteroatoms. The molecule has 0 aliphatic heterocycles. The Morgan fingerprint density at radius 3 is 2.50 bits per heavy atom. The summed E-state index contributed by atoms with van der Waals surface area (Å²) >= 11 is 0. The van der Waals surface area contributed by atoms with Gasteiger partial charge in [-0.1, -0.05) is 31.6 Å². The quantitative estimate of drug-likeness (QED) is 0.764. The summed E-state index contributed by atoms with van der Waals surface area (Å²) in [5, 5.41) is 5.94. The van der Waals surface area contributed by atoms with Crippen molar-refractivity contribution < 1.29 is 0 Å². The summed E-state index contributed by atoms with van der Waals surface area (Å²) in [6.07, 6.45) is 12.3. The molecule has 0 aromatic carbocycles. The molecule has 1 rings (SSSR count). The maximum atomic E-state index is 3.01. The van der Waals surface area contributed by atoms with Crippen molar-refractivity contribution in [3.8, 4) is 0 Å². The molecule has 0 saturated carbocycles. The lowest BCUT2D eigenvalue weighted by atomic mass is 9.98. The van der Waals surface area contributed by atoms with Crippen LogP contribution in [0.4, 0.5) is 0 Å². The van der Waals surface area contributed by atoms with E-state index in [0.29, 0.717) is 0 Å². The molecule has 0 aromatic rings. The van der Waals surface area contributed by atoms with Crippen LogP contribution in [0, 0.1) is 0 Å². The van der Waals surface area contributed by atoms with Crippen LogP contribution in [0.15, 0.2) is 35.6 Å². The van der Waals surface area contributed by atoms with Gasteiger partial charge in [-0.15, -0.1) is 0 Å². The minimum atomic E-state index is 1.07. The van der Waals surface area contributed by atoms with Gasteiger partial charge in [-0.25, -0.2) is 0 Å². The minimum absolute atomic E-state index is 1.07. The Morgan fingerprint density at radius 1 is 1.31 bits per heavy atom. The summed E-state index contributed by atoms with van der Waals surface area (Å²) in [6.45, 7) is 5.34. The molecule has 0 amide bonds. The molecule has 0 saturated heterocycles. The Morgan fingerprint density at radius 2 is 2.00 bits per heavy atom. The average Bonchev–Trinajstić information content (AvgIpc) is 2.37. The Kier molecular flexibility index (Phi) is 9.83. The second-order valence-corrected chi connectivity index (χ2v) is 3.72. The van der Waals surface area contributed by atoms with Crippen LogP contribution in [0.25, 0.3) is 0 Å². The van der Waals surface area contributed by atoms with Gasteiger partial charge in [-0.2, -0.15) is 0 Å². The van der Waals surface area contributed by atoms with E-state index in [-0.39, 0.29) is 0 Å². The van der Waals surface area contributed by atoms with E-state index in [1.807, 2.05) is 20.3 Å². The van der Waals surface area contributed by atoms with Gasteiger partial charge < -0.3 is 10.6 Å². The topological polar surface area (TPSA) is 24.1 Å². The number of hydrogen-bond acceptors (Lipinski definition) is 2. The van der Waals surface area contributed by atoms with Crippen LogP contribution < -0.4 is 10.6 Å². The van der Waals surface area contributed by atoms with E-state index in [9.17, 15) is 0 Å². The molecule has 2 N–H and O–H groups in total. The highest BCUT2D eigenvalue weighted by Gasteiger charge is 2.00. The molecule has 1 aliphatic carbocycles. The summed E-state index contributed by atoms with van der Waals surface area (Å²) in [5.74, 6) is 0. The van der Waals surface area contributed by atoms with Crippen molar-refractivity contribution >= 4 is 0 Å². The first kappa shape index (κ1) is 15.0. The van der Waals surface area contributed by atoms with Gasteiger partial charge in [0.05, 0.1) is 0 Å². The van der Waals surface area contributed by atoms with Crippen molar-refractivity contribution in [1.29, 1.82) is 0 Å². The van der Waals surface area contributed by atoms with E-state index < -0.39 is 0 Å². The van der Waals surface area contributed by atoms with E-state index in [4.69, 9.17) is 0 Å². The Bertz CT molecular complexity index is 247. The predicted octanol–water partition coefficient (Wildman–Crippen LogP) is 3.00. The highest BCUT2D eigenvalue weighted by atomic mass is 14.8. The highest BCUT2D eigenvalue weighted by molar-refractivity contribution is 5.33. The molecule has 2 nitrogen and oxygen atoms in total. The van der Waals surface area contributed by atoms with E-state index >= 15 is 0 Å². The van der Waals surface area contributed by atoms with E-state index in [0.717, 1.165) is 13.0 Å². The zero-order valence-electron chi connectivity index (χ0n) is 11.1. The van der Waals surface area contributed by atoms with Gasteiger partial charge in [0.1, 0.15) is 0 Å². The first-order chi connectivity index (χ1) is 7.78. The molecule has 0 unspecified atom stereocenters. The highest BCUT2D eigenvalue weighted by Crippen LogP contribution is 2.19. The fraction of sp³-hybridized carbons (Fsp3) is 0.571. The van der Waals surface area contributed by atoms with Crippen LogP contribution in [-0.2, 0) is 0 Å². The van der Waals surface area contributed by atoms with Gasteiger partial charge in [0.2, 0.25) is 0 Å². The van der Waals surface area contributed by atoms with Gasteiger partial charge in [0.25, 0.3) is 0 Å². The number of allylic oxidation sites excluding steroid dienone is 5. The van der Waals surface area contributed by atoms with Gasteiger partial charge >= 0.3 is 0 Å². The van der Waals surface area contributed by atoms with Gasteiger partial charge in [-0.05, 0) is 50.7 Å². The summed E-state index contributed by atoms with van der Waals surface area (Å²) in [4.78, 5) is 0. The van der Waals surface area contributed by atoms with Crippen molar-refractivity contribution in [3.05, 3.63) is 35.6 Å². The number of rotatable bonds is 4. The fourth-order valence-electron chi connectivity index (χ4n) is 1.36. The molecule has 0 atom stereocenters. The molecule has 16 heavy (non-hydrogen) atoms. The van der Waals surface area contributed by atoms with Crippen molar-refractivity contribution in [3.63, 3.8) is 0 Å². The lowest BCUT2D eigenvalue weighted by Crippen LogP contribution is -2.01. The molecular weight excluding hydrogens is 196 g/mol. The molecule has 0 fully saturated rings. The number of nitrogens with one attached hydrogen (secondary N) is 2. The molecule has 0 aromatic heterocycles. The van der Waals surface area contributed by atoms with Crippen LogP contribution in [0.1, 0.15) is 33.1 Å². The van der Waals surface area contributed by atoms with Gasteiger partial charge in [0, 0.05) is 7.05 Å². The third kappa shape index (κ3) is 7.30. The molecule has 0 bridgehead atoms. The van der Waals surface area contributed by atoms with Crippen LogP contribution in [0.5, 0.6) is 0 Å². The summed E-state index contributed by atoms with van der Waals surface area (Å²) < 4.78 is 0. The van der Waals surface area contributed by atoms with Crippen LogP contribution in [0.2, 0.25) is 0 Å². The molecule has 0 heterocycles. The third-order valence-electron chi connectivity index (χ3n) is 2.44. The normalized spacial score (nSPS) is 15.0. The molecule has 0 spiro atoms. The maximum Gasteiger partial charge on any atom is 0.00277 e. The minimum Gasteiger partial charge on any atom is -0.394 e. The molecular formula is C14H26N2. The first-order valence-electron chi connectivity index (χ1n) is 6.16. The van der Waals surface area contributed by atoms with Crippen molar-refractivity contribution in [2.45, 2.75) is 33.1 Å². The molecule has 1 aliphatic rings. The van der Waals surface area contributed by atoms with E-state index in [1.54, 1.807) is 0 Å². The van der Waals surface area contributed by atoms with Crippen LogP contribution in [-0.4, -0.2) is 20.6 Å². The van der Waals surface area contributed by atoms with Crippen LogP contribution in [0.3, 0.4) is 0 Å². The second-order valence-electron chi connectivity index (χ2n) is 3.72. The Balaban J connectivity index is 0.000000487. The lowest BCUT2D eigenvalue weighted by molar-refractivity contribution is 0.864. The Labute approximate surface area is 101 Å². The maximum absolute atomic E-state index is 3.01. The summed E-state index contributed by atoms with van der Waals surface area (Å²) in [7, 11) is 3.86. The van der Waals surface area contributed by atoms with Gasteiger partial charge in [0.15, 0.2) is 0 Å². The summed E-state index contributed by atoms with van der Waals surface area (Å²) in [6, 6.07) is 0. The second kappa shape index (κ2) is 10.5. The van der Waals surface area contributed by atoms with Crippen molar-refractivity contribution in [2.75, 3.05) is 20.6 Å². The SMILES string of the molecule is CCC1=CCCC(/C=C/NC)=C1.CCNC. The first-order valence-corrected chi connectivity index (χ1v) is 6.16. The largest absolute Gasteiger partial charge is 0.394 e.